The number of carbonyl (C=O) groups excluding carboxylic acids is 1. The molecule has 0 aliphatic heterocycles. The van der Waals surface area contributed by atoms with Gasteiger partial charge in [-0.05, 0) is 6.07 Å². The van der Waals surface area contributed by atoms with Gasteiger partial charge in [0.1, 0.15) is 0 Å². The van der Waals surface area contributed by atoms with Gasteiger partial charge in [-0.3, -0.25) is 4.79 Å². The third-order valence-corrected chi connectivity index (χ3v) is 3.13. The van der Waals surface area contributed by atoms with E-state index in [1.54, 1.807) is 12.1 Å². The molecule has 0 atom stereocenters. The average Bonchev–Trinajstić information content (AvgIpc) is 2.04. The minimum absolute atomic E-state index is 0.173. The molecule has 0 N–H and O–H groups in total. The molecule has 0 saturated carbocycles. The standard InChI is InChI=1S/C7H5IO3/c9-5-6-3-1-2-4-7(6)8(10)11/h1-5H. The van der Waals surface area contributed by atoms with Crippen LogP contribution in [0.25, 0.3) is 0 Å². The first-order valence-electron chi connectivity index (χ1n) is 2.85. The monoisotopic (exact) mass is 264 g/mol. The maximum Gasteiger partial charge on any atom is 0.341 e. The molecule has 0 aliphatic rings. The molecule has 3 nitrogen and oxygen atoms in total. The summed E-state index contributed by atoms with van der Waals surface area (Å²) in [7, 11) is 0. The number of aldehydes is 1. The van der Waals surface area contributed by atoms with Crippen molar-refractivity contribution in [3.05, 3.63) is 33.4 Å². The molecular formula is C7H5IO3. The van der Waals surface area contributed by atoms with Crippen LogP contribution in [-0.2, 0) is 6.14 Å². The lowest BCUT2D eigenvalue weighted by Crippen LogP contribution is -1.84. The van der Waals surface area contributed by atoms with E-state index in [0.717, 1.165) is 0 Å². The van der Waals surface area contributed by atoms with E-state index in [-0.39, 0.29) is 9.13 Å². The van der Waals surface area contributed by atoms with Crippen LogP contribution in [-0.4, -0.2) is 6.29 Å². The Hall–Kier alpha value is -0.780. The van der Waals surface area contributed by atoms with E-state index in [1.165, 1.54) is 12.1 Å². The predicted molar refractivity (Wildman–Crippen MR) is 45.9 cm³/mol. The molecule has 0 radical (unpaired) electrons. The lowest BCUT2D eigenvalue weighted by molar-refractivity contribution is 0.112. The average molecular weight is 264 g/mol. The van der Waals surface area contributed by atoms with E-state index < -0.39 is 19.8 Å². The fourth-order valence-electron chi connectivity index (χ4n) is 0.711. The minimum Gasteiger partial charge on any atom is -0.298 e. The van der Waals surface area contributed by atoms with Crippen LogP contribution in [0.5, 0.6) is 0 Å². The van der Waals surface area contributed by atoms with Crippen molar-refractivity contribution in [3.8, 4) is 0 Å². The molecule has 0 amide bonds. The minimum atomic E-state index is -3.48. The molecule has 0 unspecified atom stereocenters. The van der Waals surface area contributed by atoms with Gasteiger partial charge in [0, 0.05) is 5.56 Å². The van der Waals surface area contributed by atoms with Gasteiger partial charge in [-0.25, -0.2) is 6.14 Å². The van der Waals surface area contributed by atoms with Gasteiger partial charge >= 0.3 is 19.8 Å². The summed E-state index contributed by atoms with van der Waals surface area (Å²) >= 11 is -3.48. The maximum atomic E-state index is 10.6. The molecule has 0 aromatic heterocycles. The summed E-state index contributed by atoms with van der Waals surface area (Å²) in [6.07, 6.45) is 0.551. The molecule has 1 rings (SSSR count). The Morgan fingerprint density at radius 1 is 1.18 bits per heavy atom. The highest BCUT2D eigenvalue weighted by Gasteiger charge is 2.03. The maximum absolute atomic E-state index is 10.6. The van der Waals surface area contributed by atoms with Crippen molar-refractivity contribution in [2.24, 2.45) is 0 Å². The summed E-state index contributed by atoms with van der Waals surface area (Å²) in [6.45, 7) is 0. The predicted octanol–water partition coefficient (Wildman–Crippen LogP) is 1.87. The lowest BCUT2D eigenvalue weighted by atomic mass is 10.2. The number of halogens is 1. The SMILES string of the molecule is O=Cc1ccccc1I(=O)=O. The summed E-state index contributed by atoms with van der Waals surface area (Å²) in [4.78, 5) is 10.3. The van der Waals surface area contributed by atoms with E-state index >= 15 is 0 Å². The molecular weight excluding hydrogens is 259 g/mol. The van der Waals surface area contributed by atoms with Gasteiger partial charge in [-0.1, -0.05) is 18.2 Å². The fourth-order valence-corrected chi connectivity index (χ4v) is 2.03. The van der Waals surface area contributed by atoms with Gasteiger partial charge in [-0.15, -0.1) is 0 Å². The molecule has 1 aromatic rings. The zero-order valence-corrected chi connectivity index (χ0v) is 7.65. The quantitative estimate of drug-likeness (QED) is 0.605. The van der Waals surface area contributed by atoms with Crippen molar-refractivity contribution in [3.63, 3.8) is 0 Å². The molecule has 0 heterocycles. The van der Waals surface area contributed by atoms with Gasteiger partial charge in [0.15, 0.2) is 6.29 Å². The number of benzene rings is 1. The summed E-state index contributed by atoms with van der Waals surface area (Å²) in [5.74, 6) is 0. The van der Waals surface area contributed by atoms with Gasteiger partial charge < -0.3 is 0 Å². The fraction of sp³-hybridized carbons (Fsp3) is 0. The van der Waals surface area contributed by atoms with Gasteiger partial charge in [0.2, 0.25) is 0 Å². The second-order valence-electron chi connectivity index (χ2n) is 1.86. The van der Waals surface area contributed by atoms with Crippen molar-refractivity contribution >= 4 is 26.1 Å². The van der Waals surface area contributed by atoms with Crippen LogP contribution in [0.15, 0.2) is 24.3 Å². The van der Waals surface area contributed by atoms with E-state index in [0.29, 0.717) is 6.29 Å². The first-order valence-corrected chi connectivity index (χ1v) is 5.69. The molecule has 58 valence electrons. The second kappa shape index (κ2) is 3.56. The lowest BCUT2D eigenvalue weighted by Gasteiger charge is -1.90. The highest BCUT2D eigenvalue weighted by Crippen LogP contribution is 2.19. The molecule has 1 aromatic carbocycles. The third kappa shape index (κ3) is 1.83. The Bertz CT molecular complexity index is 333. The Balaban J connectivity index is 3.34. The highest BCUT2D eigenvalue weighted by molar-refractivity contribution is 14.2. The molecule has 0 aliphatic carbocycles. The zero-order valence-electron chi connectivity index (χ0n) is 5.49. The first-order chi connectivity index (χ1) is 5.25. The van der Waals surface area contributed by atoms with Crippen molar-refractivity contribution < 1.29 is 10.9 Å². The molecule has 0 fully saturated rings. The van der Waals surface area contributed by atoms with Gasteiger partial charge in [0.05, 0.1) is 3.57 Å². The highest BCUT2D eigenvalue weighted by atomic mass is 127. The van der Waals surface area contributed by atoms with Crippen LogP contribution in [0, 0.1) is 3.57 Å². The molecule has 11 heavy (non-hydrogen) atoms. The smallest absolute Gasteiger partial charge is 0.298 e. The van der Waals surface area contributed by atoms with Crippen LogP contribution < -0.4 is 0 Å². The van der Waals surface area contributed by atoms with E-state index in [4.69, 9.17) is 0 Å². The normalized spacial score (nSPS) is 9.91. The molecule has 4 heteroatoms. The number of rotatable bonds is 2. The van der Waals surface area contributed by atoms with Crippen molar-refractivity contribution in [2.45, 2.75) is 0 Å². The molecule has 0 spiro atoms. The Morgan fingerprint density at radius 2 is 1.82 bits per heavy atom. The first kappa shape index (κ1) is 8.32. The summed E-state index contributed by atoms with van der Waals surface area (Å²) < 4.78 is 21.3. The van der Waals surface area contributed by atoms with E-state index in [2.05, 4.69) is 0 Å². The van der Waals surface area contributed by atoms with Crippen LogP contribution in [0.2, 0.25) is 0 Å². The molecule has 0 bridgehead atoms. The van der Waals surface area contributed by atoms with Crippen molar-refractivity contribution in [1.82, 2.24) is 0 Å². The topological polar surface area (TPSA) is 51.2 Å². The largest absolute Gasteiger partial charge is 0.341 e. The second-order valence-corrected chi connectivity index (χ2v) is 4.26. The van der Waals surface area contributed by atoms with E-state index in [1.807, 2.05) is 0 Å². The Labute approximate surface area is 70.6 Å². The van der Waals surface area contributed by atoms with Crippen LogP contribution in [0.4, 0.5) is 0 Å². The number of hydrogen-bond donors (Lipinski definition) is 0. The summed E-state index contributed by atoms with van der Waals surface area (Å²) in [6, 6.07) is 6.16. The Kier molecular flexibility index (Phi) is 2.70. The van der Waals surface area contributed by atoms with Gasteiger partial charge in [-0.2, -0.15) is 0 Å². The number of hydrogen-bond acceptors (Lipinski definition) is 3. The van der Waals surface area contributed by atoms with Crippen LogP contribution in [0.1, 0.15) is 10.4 Å². The number of carbonyl (C=O) groups is 1. The third-order valence-electron chi connectivity index (χ3n) is 1.20. The summed E-state index contributed by atoms with van der Waals surface area (Å²) in [5, 5.41) is 0. The van der Waals surface area contributed by atoms with Gasteiger partial charge in [0.25, 0.3) is 0 Å². The zero-order chi connectivity index (χ0) is 8.27. The van der Waals surface area contributed by atoms with Crippen molar-refractivity contribution in [1.29, 1.82) is 0 Å². The van der Waals surface area contributed by atoms with Crippen LogP contribution >= 0.6 is 19.8 Å². The molecule has 0 saturated heterocycles. The van der Waals surface area contributed by atoms with E-state index in [9.17, 15) is 10.9 Å². The van der Waals surface area contributed by atoms with Crippen LogP contribution in [0.3, 0.4) is 0 Å². The Morgan fingerprint density at radius 3 is 2.27 bits per heavy atom. The summed E-state index contributed by atoms with van der Waals surface area (Å²) in [5.41, 5.74) is 0.253. The van der Waals surface area contributed by atoms with Crippen molar-refractivity contribution in [2.75, 3.05) is 0 Å².